The van der Waals surface area contributed by atoms with Crippen LogP contribution in [0.15, 0.2) is 24.3 Å². The first-order chi connectivity index (χ1) is 12.6. The predicted molar refractivity (Wildman–Crippen MR) is 101 cm³/mol. The van der Waals surface area contributed by atoms with Crippen LogP contribution in [0.2, 0.25) is 0 Å². The SMILES string of the molecule is CC(C)(C)OC(=O)N[C@@H](CCCNC(N)=O)C(=O)Cc1ccc(CO)cc1. The third-order valence-electron chi connectivity index (χ3n) is 3.63. The third-order valence-corrected chi connectivity index (χ3v) is 3.63. The van der Waals surface area contributed by atoms with Gasteiger partial charge >= 0.3 is 12.1 Å². The van der Waals surface area contributed by atoms with Crippen LogP contribution in [0.1, 0.15) is 44.7 Å². The Morgan fingerprint density at radius 2 is 1.74 bits per heavy atom. The number of carbonyl (C=O) groups excluding carboxylic acids is 3. The number of nitrogens with one attached hydrogen (secondary N) is 2. The molecule has 8 nitrogen and oxygen atoms in total. The smallest absolute Gasteiger partial charge is 0.408 e. The van der Waals surface area contributed by atoms with Gasteiger partial charge in [0, 0.05) is 13.0 Å². The molecule has 150 valence electrons. The molecular weight excluding hydrogens is 350 g/mol. The molecule has 1 rings (SSSR count). The fourth-order valence-electron chi connectivity index (χ4n) is 2.37. The molecule has 0 spiro atoms. The van der Waals surface area contributed by atoms with Crippen LogP contribution in [0.3, 0.4) is 0 Å². The van der Waals surface area contributed by atoms with Crippen molar-refractivity contribution in [2.75, 3.05) is 6.54 Å². The van der Waals surface area contributed by atoms with Crippen LogP contribution in [0.5, 0.6) is 0 Å². The summed E-state index contributed by atoms with van der Waals surface area (Å²) in [4.78, 5) is 35.5. The van der Waals surface area contributed by atoms with Crippen molar-refractivity contribution in [3.05, 3.63) is 35.4 Å². The van der Waals surface area contributed by atoms with Crippen molar-refractivity contribution in [2.24, 2.45) is 5.73 Å². The molecule has 0 aliphatic rings. The van der Waals surface area contributed by atoms with Gasteiger partial charge in [-0.3, -0.25) is 4.79 Å². The molecule has 3 amide bonds. The molecule has 0 saturated carbocycles. The van der Waals surface area contributed by atoms with Crippen molar-refractivity contribution < 1.29 is 24.2 Å². The lowest BCUT2D eigenvalue weighted by Gasteiger charge is -2.23. The Labute approximate surface area is 159 Å². The molecule has 0 fully saturated rings. The normalized spacial score (nSPS) is 12.1. The summed E-state index contributed by atoms with van der Waals surface area (Å²) in [6.45, 7) is 5.46. The number of Topliss-reactive ketones (excluding diaryl/α,β-unsaturated/α-hetero) is 1. The van der Waals surface area contributed by atoms with Gasteiger partial charge in [0.1, 0.15) is 5.60 Å². The Morgan fingerprint density at radius 1 is 1.15 bits per heavy atom. The number of primary amides is 1. The topological polar surface area (TPSA) is 131 Å². The van der Waals surface area contributed by atoms with Crippen LogP contribution >= 0.6 is 0 Å². The molecule has 0 radical (unpaired) electrons. The Balaban J connectivity index is 2.72. The monoisotopic (exact) mass is 379 g/mol. The van der Waals surface area contributed by atoms with Crippen LogP contribution in [0.4, 0.5) is 9.59 Å². The summed E-state index contributed by atoms with van der Waals surface area (Å²) in [6, 6.07) is 5.64. The van der Waals surface area contributed by atoms with Gasteiger partial charge < -0.3 is 26.2 Å². The maximum atomic E-state index is 12.7. The molecule has 0 aliphatic heterocycles. The number of aliphatic hydroxyl groups excluding tert-OH is 1. The summed E-state index contributed by atoms with van der Waals surface area (Å²) in [6.07, 6.45) is 0.278. The van der Waals surface area contributed by atoms with Crippen molar-refractivity contribution in [3.63, 3.8) is 0 Å². The molecule has 1 aromatic rings. The third kappa shape index (κ3) is 9.60. The molecule has 5 N–H and O–H groups in total. The van der Waals surface area contributed by atoms with Crippen LogP contribution in [0, 0.1) is 0 Å². The van der Waals surface area contributed by atoms with Crippen molar-refractivity contribution in [1.29, 1.82) is 0 Å². The van der Waals surface area contributed by atoms with E-state index < -0.39 is 23.8 Å². The lowest BCUT2D eigenvalue weighted by atomic mass is 9.99. The van der Waals surface area contributed by atoms with Crippen molar-refractivity contribution in [2.45, 2.75) is 58.3 Å². The van der Waals surface area contributed by atoms with E-state index in [-0.39, 0.29) is 18.8 Å². The summed E-state index contributed by atoms with van der Waals surface area (Å²) in [7, 11) is 0. The van der Waals surface area contributed by atoms with E-state index in [1.54, 1.807) is 45.0 Å². The Bertz CT molecular complexity index is 638. The summed E-state index contributed by atoms with van der Waals surface area (Å²) in [5, 5.41) is 14.1. The number of benzene rings is 1. The van der Waals surface area contributed by atoms with Crippen molar-refractivity contribution in [1.82, 2.24) is 10.6 Å². The van der Waals surface area contributed by atoms with Crippen LogP contribution in [0.25, 0.3) is 0 Å². The van der Waals surface area contributed by atoms with E-state index in [1.807, 2.05) is 0 Å². The molecule has 8 heteroatoms. The summed E-state index contributed by atoms with van der Waals surface area (Å²) in [5.74, 6) is -0.170. The van der Waals surface area contributed by atoms with E-state index >= 15 is 0 Å². The van der Waals surface area contributed by atoms with Gasteiger partial charge in [0.15, 0.2) is 5.78 Å². The zero-order chi connectivity index (χ0) is 20.4. The highest BCUT2D eigenvalue weighted by Gasteiger charge is 2.24. The summed E-state index contributed by atoms with van der Waals surface area (Å²) < 4.78 is 5.22. The molecule has 0 bridgehead atoms. The number of nitrogens with two attached hydrogens (primary N) is 1. The van der Waals surface area contributed by atoms with Gasteiger partial charge in [-0.25, -0.2) is 9.59 Å². The van der Waals surface area contributed by atoms with Gasteiger partial charge in [-0.05, 0) is 44.7 Å². The first-order valence-electron chi connectivity index (χ1n) is 8.85. The quantitative estimate of drug-likeness (QED) is 0.484. The average molecular weight is 379 g/mol. The second-order valence-electron chi connectivity index (χ2n) is 7.25. The number of aliphatic hydroxyl groups is 1. The van der Waals surface area contributed by atoms with Crippen LogP contribution < -0.4 is 16.4 Å². The number of ketones is 1. The Kier molecular flexibility index (Phi) is 8.74. The first-order valence-corrected chi connectivity index (χ1v) is 8.85. The maximum Gasteiger partial charge on any atom is 0.408 e. The minimum Gasteiger partial charge on any atom is -0.444 e. The highest BCUT2D eigenvalue weighted by Crippen LogP contribution is 2.11. The van der Waals surface area contributed by atoms with Gasteiger partial charge in [0.2, 0.25) is 0 Å². The Hall–Kier alpha value is -2.61. The van der Waals surface area contributed by atoms with E-state index in [2.05, 4.69) is 10.6 Å². The van der Waals surface area contributed by atoms with Gasteiger partial charge in [-0.2, -0.15) is 0 Å². The largest absolute Gasteiger partial charge is 0.444 e. The lowest BCUT2D eigenvalue weighted by molar-refractivity contribution is -0.120. The second kappa shape index (κ2) is 10.5. The summed E-state index contributed by atoms with van der Waals surface area (Å²) in [5.41, 5.74) is 5.88. The number of carbonyl (C=O) groups is 3. The molecule has 1 atom stereocenters. The number of urea groups is 1. The van der Waals surface area contributed by atoms with Gasteiger partial charge in [-0.15, -0.1) is 0 Å². The molecule has 0 heterocycles. The first kappa shape index (κ1) is 22.4. The lowest BCUT2D eigenvalue weighted by Crippen LogP contribution is -2.44. The molecule has 0 saturated heterocycles. The zero-order valence-corrected chi connectivity index (χ0v) is 16.1. The van der Waals surface area contributed by atoms with Crippen LogP contribution in [-0.2, 0) is 22.6 Å². The molecule has 0 aliphatic carbocycles. The fraction of sp³-hybridized carbons (Fsp3) is 0.526. The predicted octanol–water partition coefficient (Wildman–Crippen LogP) is 1.63. The van der Waals surface area contributed by atoms with E-state index in [9.17, 15) is 14.4 Å². The second-order valence-corrected chi connectivity index (χ2v) is 7.25. The summed E-state index contributed by atoms with van der Waals surface area (Å²) >= 11 is 0. The van der Waals surface area contributed by atoms with E-state index in [0.717, 1.165) is 11.1 Å². The van der Waals surface area contributed by atoms with E-state index in [1.165, 1.54) is 0 Å². The minimum atomic E-state index is -0.743. The number of hydrogen-bond donors (Lipinski definition) is 4. The fourth-order valence-corrected chi connectivity index (χ4v) is 2.37. The molecular formula is C19H29N3O5. The highest BCUT2D eigenvalue weighted by molar-refractivity contribution is 5.89. The number of ether oxygens (including phenoxy) is 1. The van der Waals surface area contributed by atoms with Crippen molar-refractivity contribution in [3.8, 4) is 0 Å². The Morgan fingerprint density at radius 3 is 2.26 bits per heavy atom. The zero-order valence-electron chi connectivity index (χ0n) is 16.1. The average Bonchev–Trinajstić information content (AvgIpc) is 2.56. The van der Waals surface area contributed by atoms with Crippen LogP contribution in [-0.4, -0.2) is 41.2 Å². The van der Waals surface area contributed by atoms with Gasteiger partial charge in [0.05, 0.1) is 12.6 Å². The number of alkyl carbamates (subject to hydrolysis) is 1. The number of hydrogen-bond acceptors (Lipinski definition) is 5. The standard InChI is InChI=1S/C19H29N3O5/c1-19(2,3)27-18(26)22-15(5-4-10-21-17(20)25)16(24)11-13-6-8-14(12-23)9-7-13/h6-9,15,23H,4-5,10-12H2,1-3H3,(H,22,26)(H3,20,21,25)/t15-/m0/s1. The van der Waals surface area contributed by atoms with Gasteiger partial charge in [0.25, 0.3) is 0 Å². The number of rotatable bonds is 9. The van der Waals surface area contributed by atoms with E-state index in [4.69, 9.17) is 15.6 Å². The molecule has 1 aromatic carbocycles. The molecule has 0 unspecified atom stereocenters. The molecule has 0 aromatic heterocycles. The van der Waals surface area contributed by atoms with Crippen molar-refractivity contribution >= 4 is 17.9 Å². The highest BCUT2D eigenvalue weighted by atomic mass is 16.6. The maximum absolute atomic E-state index is 12.7. The number of amides is 3. The van der Waals surface area contributed by atoms with E-state index in [0.29, 0.717) is 19.4 Å². The van der Waals surface area contributed by atoms with Gasteiger partial charge in [-0.1, -0.05) is 24.3 Å². The molecule has 27 heavy (non-hydrogen) atoms. The minimum absolute atomic E-state index is 0.0656.